The van der Waals surface area contributed by atoms with Crippen molar-refractivity contribution in [1.29, 1.82) is 0 Å². The number of hydrogen-bond donors (Lipinski definition) is 1. The summed E-state index contributed by atoms with van der Waals surface area (Å²) in [5, 5.41) is 9.00. The van der Waals surface area contributed by atoms with Gasteiger partial charge in [0.05, 0.1) is 13.7 Å². The molecule has 1 aromatic heterocycles. The standard InChI is InChI=1S/C12H13N3O5S/c1-19-9-5-3-4-8(6-9)11(16)13-7-10-14-15-12(20-10)21(2,17)18/h3-6H,7H2,1-2H3,(H,13,16). The first-order valence-electron chi connectivity index (χ1n) is 5.85. The summed E-state index contributed by atoms with van der Waals surface area (Å²) < 4.78 is 32.3. The van der Waals surface area contributed by atoms with Crippen LogP contribution in [0.2, 0.25) is 0 Å². The zero-order valence-electron chi connectivity index (χ0n) is 11.4. The highest BCUT2D eigenvalue weighted by atomic mass is 32.2. The van der Waals surface area contributed by atoms with Gasteiger partial charge in [0.25, 0.3) is 5.91 Å². The Morgan fingerprint density at radius 1 is 1.38 bits per heavy atom. The van der Waals surface area contributed by atoms with Crippen molar-refractivity contribution < 1.29 is 22.4 Å². The van der Waals surface area contributed by atoms with Crippen molar-refractivity contribution in [2.75, 3.05) is 13.4 Å². The van der Waals surface area contributed by atoms with Gasteiger partial charge < -0.3 is 14.5 Å². The molecule has 2 aromatic rings. The predicted octanol–water partition coefficient (Wildman–Crippen LogP) is 0.412. The Kier molecular flexibility index (Phi) is 4.22. The summed E-state index contributed by atoms with van der Waals surface area (Å²) in [5.41, 5.74) is 0.400. The number of hydrogen-bond acceptors (Lipinski definition) is 7. The average Bonchev–Trinajstić information content (AvgIpc) is 2.94. The molecule has 1 aromatic carbocycles. The third-order valence-corrected chi connectivity index (χ3v) is 3.30. The SMILES string of the molecule is COc1cccc(C(=O)NCc2nnc(S(C)(=O)=O)o2)c1. The number of carbonyl (C=O) groups is 1. The Hall–Kier alpha value is -2.42. The molecule has 2 rings (SSSR count). The predicted molar refractivity (Wildman–Crippen MR) is 71.6 cm³/mol. The molecule has 21 heavy (non-hydrogen) atoms. The smallest absolute Gasteiger partial charge is 0.335 e. The second-order valence-electron chi connectivity index (χ2n) is 4.15. The van der Waals surface area contributed by atoms with Gasteiger partial charge in [0.2, 0.25) is 15.7 Å². The molecule has 0 spiro atoms. The summed E-state index contributed by atoms with van der Waals surface area (Å²) in [7, 11) is -2.05. The molecular formula is C12H13N3O5S. The van der Waals surface area contributed by atoms with Crippen LogP contribution in [-0.2, 0) is 16.4 Å². The molecule has 112 valence electrons. The number of benzene rings is 1. The molecule has 8 nitrogen and oxygen atoms in total. The number of aromatic nitrogens is 2. The van der Waals surface area contributed by atoms with E-state index in [2.05, 4.69) is 15.5 Å². The Balaban J connectivity index is 2.02. The van der Waals surface area contributed by atoms with Crippen molar-refractivity contribution in [1.82, 2.24) is 15.5 Å². The number of amides is 1. The molecule has 0 saturated carbocycles. The van der Waals surface area contributed by atoms with Gasteiger partial charge in [0, 0.05) is 11.8 Å². The molecule has 0 fully saturated rings. The van der Waals surface area contributed by atoms with Crippen molar-refractivity contribution in [3.05, 3.63) is 35.7 Å². The molecule has 0 saturated heterocycles. The first kappa shape index (κ1) is 15.0. The van der Waals surface area contributed by atoms with Crippen molar-refractivity contribution in [3.63, 3.8) is 0 Å². The fourth-order valence-corrected chi connectivity index (χ4v) is 1.92. The van der Waals surface area contributed by atoms with Crippen LogP contribution >= 0.6 is 0 Å². The van der Waals surface area contributed by atoms with Crippen LogP contribution in [0.1, 0.15) is 16.2 Å². The fraction of sp³-hybridized carbons (Fsp3) is 0.250. The number of ether oxygens (including phenoxy) is 1. The van der Waals surface area contributed by atoms with Crippen LogP contribution in [0.15, 0.2) is 33.9 Å². The van der Waals surface area contributed by atoms with Crippen LogP contribution < -0.4 is 10.1 Å². The van der Waals surface area contributed by atoms with Crippen molar-refractivity contribution in [3.8, 4) is 5.75 Å². The van der Waals surface area contributed by atoms with Crippen LogP contribution in [0.5, 0.6) is 5.75 Å². The van der Waals surface area contributed by atoms with E-state index in [0.717, 1.165) is 6.26 Å². The van der Waals surface area contributed by atoms with E-state index in [0.29, 0.717) is 11.3 Å². The topological polar surface area (TPSA) is 111 Å². The molecule has 1 amide bonds. The largest absolute Gasteiger partial charge is 0.497 e. The van der Waals surface area contributed by atoms with E-state index >= 15 is 0 Å². The lowest BCUT2D eigenvalue weighted by atomic mass is 10.2. The summed E-state index contributed by atoms with van der Waals surface area (Å²) in [6.45, 7) is -0.0709. The summed E-state index contributed by atoms with van der Waals surface area (Å²) in [6.07, 6.45) is 0.957. The zero-order valence-corrected chi connectivity index (χ0v) is 12.2. The first-order chi connectivity index (χ1) is 9.90. The van der Waals surface area contributed by atoms with Gasteiger partial charge in [-0.05, 0) is 18.2 Å². The van der Waals surface area contributed by atoms with Crippen molar-refractivity contribution in [2.45, 2.75) is 11.8 Å². The van der Waals surface area contributed by atoms with Crippen LogP contribution in [-0.4, -0.2) is 37.9 Å². The van der Waals surface area contributed by atoms with Crippen LogP contribution in [0, 0.1) is 0 Å². The minimum Gasteiger partial charge on any atom is -0.497 e. The molecule has 0 bridgehead atoms. The Morgan fingerprint density at radius 2 is 2.14 bits per heavy atom. The molecular weight excluding hydrogens is 298 g/mol. The number of carbonyl (C=O) groups excluding carboxylic acids is 1. The van der Waals surface area contributed by atoms with Crippen molar-refractivity contribution >= 4 is 15.7 Å². The molecule has 0 aliphatic heterocycles. The number of methoxy groups -OCH3 is 1. The quantitative estimate of drug-likeness (QED) is 0.851. The van der Waals surface area contributed by atoms with E-state index in [4.69, 9.17) is 9.15 Å². The molecule has 0 unspecified atom stereocenters. The third-order valence-electron chi connectivity index (χ3n) is 2.50. The van der Waals surface area contributed by atoms with E-state index < -0.39 is 15.1 Å². The lowest BCUT2D eigenvalue weighted by Crippen LogP contribution is -2.22. The summed E-state index contributed by atoms with van der Waals surface area (Å²) in [5.74, 6) is 0.194. The van der Waals surface area contributed by atoms with Gasteiger partial charge in [-0.2, -0.15) is 0 Å². The lowest BCUT2D eigenvalue weighted by molar-refractivity contribution is 0.0946. The van der Waals surface area contributed by atoms with Crippen molar-refractivity contribution in [2.24, 2.45) is 0 Å². The number of nitrogens with one attached hydrogen (secondary N) is 1. The second-order valence-corrected chi connectivity index (χ2v) is 6.04. The van der Waals surface area contributed by atoms with E-state index in [-0.39, 0.29) is 18.3 Å². The molecule has 0 radical (unpaired) electrons. The number of rotatable bonds is 5. The molecule has 0 atom stereocenters. The van der Waals surface area contributed by atoms with Gasteiger partial charge in [-0.25, -0.2) is 8.42 Å². The van der Waals surface area contributed by atoms with Gasteiger partial charge in [-0.3, -0.25) is 4.79 Å². The Bertz CT molecular complexity index is 754. The highest BCUT2D eigenvalue weighted by Gasteiger charge is 2.17. The molecule has 9 heteroatoms. The van der Waals surface area contributed by atoms with E-state index in [9.17, 15) is 13.2 Å². The lowest BCUT2D eigenvalue weighted by Gasteiger charge is -2.04. The highest BCUT2D eigenvalue weighted by molar-refractivity contribution is 7.90. The Morgan fingerprint density at radius 3 is 2.76 bits per heavy atom. The minimum absolute atomic E-state index is 0.00618. The van der Waals surface area contributed by atoms with Gasteiger partial charge in [0.15, 0.2) is 0 Å². The molecule has 1 heterocycles. The van der Waals surface area contributed by atoms with E-state index in [1.807, 2.05) is 0 Å². The second kappa shape index (κ2) is 5.92. The van der Waals surface area contributed by atoms with Gasteiger partial charge in [-0.1, -0.05) is 11.2 Å². The number of sulfone groups is 1. The molecule has 0 aliphatic carbocycles. The molecule has 1 N–H and O–H groups in total. The van der Waals surface area contributed by atoms with Crippen LogP contribution in [0.4, 0.5) is 0 Å². The summed E-state index contributed by atoms with van der Waals surface area (Å²) in [6, 6.07) is 6.59. The molecule has 0 aliphatic rings. The summed E-state index contributed by atoms with van der Waals surface area (Å²) in [4.78, 5) is 11.9. The number of nitrogens with zero attached hydrogens (tertiary/aromatic N) is 2. The minimum atomic E-state index is -3.55. The Labute approximate surface area is 121 Å². The fourth-order valence-electron chi connectivity index (χ4n) is 1.48. The van der Waals surface area contributed by atoms with Crippen LogP contribution in [0.3, 0.4) is 0 Å². The maximum atomic E-state index is 11.9. The average molecular weight is 311 g/mol. The first-order valence-corrected chi connectivity index (χ1v) is 7.74. The maximum Gasteiger partial charge on any atom is 0.335 e. The van der Waals surface area contributed by atoms with Crippen LogP contribution in [0.25, 0.3) is 0 Å². The summed E-state index contributed by atoms with van der Waals surface area (Å²) >= 11 is 0. The van der Waals surface area contributed by atoms with Gasteiger partial charge in [0.1, 0.15) is 5.75 Å². The maximum absolute atomic E-state index is 11.9. The van der Waals surface area contributed by atoms with E-state index in [1.54, 1.807) is 24.3 Å². The van der Waals surface area contributed by atoms with E-state index in [1.165, 1.54) is 7.11 Å². The highest BCUT2D eigenvalue weighted by Crippen LogP contribution is 2.12. The zero-order chi connectivity index (χ0) is 15.5. The van der Waals surface area contributed by atoms with Gasteiger partial charge >= 0.3 is 5.22 Å². The third kappa shape index (κ3) is 3.78. The monoisotopic (exact) mass is 311 g/mol. The normalized spacial score (nSPS) is 11.1. The van der Waals surface area contributed by atoms with Gasteiger partial charge in [-0.15, -0.1) is 5.10 Å².